The summed E-state index contributed by atoms with van der Waals surface area (Å²) in [6, 6.07) is 11.9. The topological polar surface area (TPSA) is 201 Å². The molecule has 4 atom stereocenters. The average Bonchev–Trinajstić information content (AvgIpc) is 4.19. The summed E-state index contributed by atoms with van der Waals surface area (Å²) in [4.78, 5) is 74.8. The van der Waals surface area contributed by atoms with Crippen LogP contribution in [-0.4, -0.2) is 58.3 Å². The van der Waals surface area contributed by atoms with Crippen molar-refractivity contribution in [1.29, 1.82) is 0 Å². The number of ether oxygens (including phenoxy) is 2. The molecule has 2 fully saturated rings. The number of nitrogens with zero attached hydrogens (tertiary/aromatic N) is 2. The number of carbonyl (C=O) groups is 6. The summed E-state index contributed by atoms with van der Waals surface area (Å²) in [6.07, 6.45) is 8.88. The summed E-state index contributed by atoms with van der Waals surface area (Å²) in [5.41, 5.74) is 9.00. The minimum atomic E-state index is -0.683. The van der Waals surface area contributed by atoms with E-state index in [2.05, 4.69) is 20.9 Å². The monoisotopic (exact) mass is 1030 g/mol. The van der Waals surface area contributed by atoms with Gasteiger partial charge in [0.15, 0.2) is 0 Å². The van der Waals surface area contributed by atoms with E-state index < -0.39 is 47.5 Å². The number of hydrogen-bond donors (Lipinski definition) is 4. The molecule has 4 aliphatic carbocycles. The maximum atomic E-state index is 14.6. The minimum absolute atomic E-state index is 0. The van der Waals surface area contributed by atoms with Gasteiger partial charge in [-0.3, -0.25) is 19.2 Å². The summed E-state index contributed by atoms with van der Waals surface area (Å²) < 4.78 is 66.5. The molecular weight excluding hydrogens is 983 g/mol. The SMILES string of the molecule is Cl.N[C@H]1CCc2c(C(=O)Nc3ccc(F)c(Cl)c3)ccc(F)c21.O=C1CC[C@H](COC(=O)N[C@H]2CCc3c(C(=O)Nc4ccc(F)c(Cl)c4)ccc(F)c32)C1.O=C1CC[C@H](COC(=O)n2ccnc2)C1. The van der Waals surface area contributed by atoms with Crippen LogP contribution in [0.15, 0.2) is 79.4 Å². The second-order valence-corrected chi connectivity index (χ2v) is 17.8. The van der Waals surface area contributed by atoms with E-state index in [1.165, 1.54) is 77.9 Å². The predicted molar refractivity (Wildman–Crippen MR) is 253 cm³/mol. The Balaban J connectivity index is 0.000000183. The molecule has 0 spiro atoms. The van der Waals surface area contributed by atoms with Crippen LogP contribution in [0.4, 0.5) is 38.5 Å². The summed E-state index contributed by atoms with van der Waals surface area (Å²) >= 11 is 11.4. The van der Waals surface area contributed by atoms with Gasteiger partial charge in [-0.25, -0.2) is 36.7 Å². The number of aromatic nitrogens is 2. The van der Waals surface area contributed by atoms with Gasteiger partial charge in [0, 0.05) is 89.6 Å². The molecule has 21 heteroatoms. The van der Waals surface area contributed by atoms with E-state index in [0.717, 1.165) is 12.5 Å². The summed E-state index contributed by atoms with van der Waals surface area (Å²) in [7, 11) is 0. The van der Waals surface area contributed by atoms with E-state index in [1.807, 2.05) is 0 Å². The van der Waals surface area contributed by atoms with Crippen molar-refractivity contribution in [2.45, 2.75) is 76.3 Å². The molecule has 9 rings (SSSR count). The zero-order valence-electron chi connectivity index (χ0n) is 37.2. The molecule has 370 valence electrons. The van der Waals surface area contributed by atoms with E-state index >= 15 is 0 Å². The Labute approximate surface area is 415 Å². The van der Waals surface area contributed by atoms with Crippen molar-refractivity contribution in [2.24, 2.45) is 17.6 Å². The number of anilines is 2. The van der Waals surface area contributed by atoms with Gasteiger partial charge in [-0.05, 0) is 110 Å². The summed E-state index contributed by atoms with van der Waals surface area (Å²) in [5, 5.41) is 7.73. The van der Waals surface area contributed by atoms with Crippen LogP contribution in [0.3, 0.4) is 0 Å². The molecule has 5 aromatic rings. The molecule has 0 bridgehead atoms. The van der Waals surface area contributed by atoms with Gasteiger partial charge in [-0.1, -0.05) is 23.2 Å². The normalized spacial score (nSPS) is 18.5. The lowest BCUT2D eigenvalue weighted by Crippen LogP contribution is -2.29. The molecule has 0 radical (unpaired) electrons. The first-order chi connectivity index (χ1) is 33.0. The number of ketones is 2. The van der Waals surface area contributed by atoms with E-state index in [9.17, 15) is 46.3 Å². The number of hydrogen-bond acceptors (Lipinski definition) is 10. The number of imidazole rings is 1. The van der Waals surface area contributed by atoms with Gasteiger partial charge >= 0.3 is 12.2 Å². The van der Waals surface area contributed by atoms with Gasteiger partial charge in [-0.2, -0.15) is 0 Å². The Morgan fingerprint density at radius 3 is 1.67 bits per heavy atom. The highest BCUT2D eigenvalue weighted by Crippen LogP contribution is 2.37. The molecule has 2 saturated carbocycles. The number of nitrogens with one attached hydrogen (secondary N) is 3. The zero-order valence-corrected chi connectivity index (χ0v) is 39.5. The Morgan fingerprint density at radius 1 is 0.671 bits per heavy atom. The number of halogens is 7. The van der Waals surface area contributed by atoms with Crippen molar-refractivity contribution in [2.75, 3.05) is 23.8 Å². The molecule has 70 heavy (non-hydrogen) atoms. The number of nitrogens with two attached hydrogens (primary N) is 1. The molecule has 3 amide bonds. The second kappa shape index (κ2) is 24.0. The predicted octanol–water partition coefficient (Wildman–Crippen LogP) is 10.4. The van der Waals surface area contributed by atoms with Crippen LogP contribution in [0, 0.1) is 35.1 Å². The third-order valence-corrected chi connectivity index (χ3v) is 12.7. The van der Waals surface area contributed by atoms with Crippen LogP contribution >= 0.6 is 35.6 Å². The number of amides is 3. The van der Waals surface area contributed by atoms with Crippen molar-refractivity contribution in [3.05, 3.63) is 146 Å². The quantitative estimate of drug-likeness (QED) is 0.103. The molecule has 1 aromatic heterocycles. The number of carbonyl (C=O) groups excluding carboxylic acids is 6. The van der Waals surface area contributed by atoms with Gasteiger partial charge < -0.3 is 31.2 Å². The van der Waals surface area contributed by atoms with Crippen LogP contribution in [0.1, 0.15) is 106 Å². The Morgan fingerprint density at radius 2 is 1.17 bits per heavy atom. The molecule has 4 aliphatic rings. The molecule has 1 heterocycles. The Kier molecular flexibility index (Phi) is 18.2. The minimum Gasteiger partial charge on any atom is -0.449 e. The third-order valence-electron chi connectivity index (χ3n) is 12.2. The van der Waals surface area contributed by atoms with Crippen LogP contribution in [-0.2, 0) is 31.9 Å². The Hall–Kier alpha value is -6.34. The van der Waals surface area contributed by atoms with Gasteiger partial charge in [0.25, 0.3) is 11.8 Å². The summed E-state index contributed by atoms with van der Waals surface area (Å²) in [6.45, 7) is 0.463. The fourth-order valence-corrected chi connectivity index (χ4v) is 9.02. The largest absolute Gasteiger partial charge is 0.449 e. The molecular formula is C49H47Cl3F4N6O8. The van der Waals surface area contributed by atoms with Crippen molar-refractivity contribution >= 4 is 82.6 Å². The number of fused-ring (bicyclic) bond motifs is 2. The van der Waals surface area contributed by atoms with Crippen LogP contribution in [0.2, 0.25) is 10.0 Å². The van der Waals surface area contributed by atoms with E-state index in [0.29, 0.717) is 98.0 Å². The van der Waals surface area contributed by atoms with Gasteiger partial charge in [0.2, 0.25) is 0 Å². The van der Waals surface area contributed by atoms with Crippen molar-refractivity contribution in [1.82, 2.24) is 14.9 Å². The highest BCUT2D eigenvalue weighted by molar-refractivity contribution is 6.31. The highest BCUT2D eigenvalue weighted by Gasteiger charge is 2.33. The maximum absolute atomic E-state index is 14.6. The van der Waals surface area contributed by atoms with E-state index in [-0.39, 0.29) is 75.4 Å². The number of benzene rings is 4. The van der Waals surface area contributed by atoms with E-state index in [4.69, 9.17) is 38.4 Å². The lowest BCUT2D eigenvalue weighted by molar-refractivity contribution is -0.118. The first kappa shape index (κ1) is 53.0. The molecule has 0 unspecified atom stereocenters. The Bertz CT molecular complexity index is 2780. The fraction of sp³-hybridized carbons (Fsp3) is 0.327. The number of rotatable bonds is 9. The number of Topliss-reactive ketones (excluding diaryl/α,β-unsaturated/α-hetero) is 2. The standard InChI is InChI=1S/C23H21ClF2N2O4.C16H13ClF2N2O.C10H12N2O3.ClH/c24-17-10-13(2-6-18(17)25)27-22(30)16-4-7-19(26)21-15(16)5-8-20(21)28-23(31)32-11-12-1-3-14(29)9-12;17-11-7-8(1-4-12(11)18)21-16(22)10-2-5-13(19)15-9(10)3-6-14(15)20;13-9-2-1-8(5-9)6-15-10(14)12-4-3-11-7-12;/h2,4,6-7,10,12,20H,1,3,5,8-9,11H2,(H,27,30)(H,28,31);1-2,4-5,7,14H,3,6,20H2,(H,21,22);3-4,7-8H,1-2,5-6H2;1H/t12-,20-;14-;8-;/m000./s1. The lowest BCUT2D eigenvalue weighted by atomic mass is 10.0. The average molecular weight is 1030 g/mol. The smallest absolute Gasteiger partial charge is 0.419 e. The highest BCUT2D eigenvalue weighted by atomic mass is 35.5. The molecule has 14 nitrogen and oxygen atoms in total. The molecule has 0 aliphatic heterocycles. The van der Waals surface area contributed by atoms with Crippen LogP contribution in [0.5, 0.6) is 0 Å². The van der Waals surface area contributed by atoms with Gasteiger partial charge in [0.1, 0.15) is 41.2 Å². The number of alkyl carbamates (subject to hydrolysis) is 1. The summed E-state index contributed by atoms with van der Waals surface area (Å²) in [5.74, 6) is -2.31. The van der Waals surface area contributed by atoms with Crippen LogP contribution in [0.25, 0.3) is 0 Å². The molecule has 0 saturated heterocycles. The first-order valence-corrected chi connectivity index (χ1v) is 22.8. The lowest BCUT2D eigenvalue weighted by Gasteiger charge is -2.17. The molecule has 5 N–H and O–H groups in total. The van der Waals surface area contributed by atoms with Crippen molar-refractivity contribution < 1.29 is 55.8 Å². The van der Waals surface area contributed by atoms with Gasteiger partial charge in [-0.15, -0.1) is 12.4 Å². The first-order valence-electron chi connectivity index (χ1n) is 22.1. The zero-order chi connectivity index (χ0) is 49.4. The van der Waals surface area contributed by atoms with Crippen molar-refractivity contribution in [3.63, 3.8) is 0 Å². The fourth-order valence-electron chi connectivity index (χ4n) is 8.66. The molecule has 4 aromatic carbocycles. The second-order valence-electron chi connectivity index (χ2n) is 17.0. The van der Waals surface area contributed by atoms with E-state index in [1.54, 1.807) is 0 Å². The van der Waals surface area contributed by atoms with Crippen LogP contribution < -0.4 is 21.7 Å². The third kappa shape index (κ3) is 13.3. The maximum Gasteiger partial charge on any atom is 0.419 e. The van der Waals surface area contributed by atoms with Gasteiger partial charge in [0.05, 0.1) is 29.3 Å². The van der Waals surface area contributed by atoms with Crippen molar-refractivity contribution in [3.8, 4) is 0 Å².